The lowest BCUT2D eigenvalue weighted by Gasteiger charge is -2.36. The highest BCUT2D eigenvalue weighted by Gasteiger charge is 2.39. The van der Waals surface area contributed by atoms with Crippen molar-refractivity contribution in [3.8, 4) is 5.75 Å². The first-order chi connectivity index (χ1) is 13.1. The van der Waals surface area contributed by atoms with E-state index in [9.17, 15) is 4.79 Å². The molecule has 0 bridgehead atoms. The quantitative estimate of drug-likeness (QED) is 0.261. The zero-order valence-electron chi connectivity index (χ0n) is 18.8. The lowest BCUT2D eigenvalue weighted by Crippen LogP contribution is -2.43. The molecule has 0 radical (unpaired) electrons. The summed E-state index contributed by atoms with van der Waals surface area (Å²) in [7, 11) is -1.82. The van der Waals surface area contributed by atoms with Crippen molar-refractivity contribution >= 4 is 14.3 Å². The van der Waals surface area contributed by atoms with Gasteiger partial charge in [-0.1, -0.05) is 59.1 Å². The van der Waals surface area contributed by atoms with Gasteiger partial charge >= 0.3 is 5.97 Å². The predicted molar refractivity (Wildman–Crippen MR) is 119 cm³/mol. The number of hydrogen-bond acceptors (Lipinski definition) is 3. The molecular weight excluding hydrogens is 364 g/mol. The van der Waals surface area contributed by atoms with E-state index in [0.29, 0.717) is 12.3 Å². The molecule has 0 unspecified atom stereocenters. The highest BCUT2D eigenvalue weighted by Crippen LogP contribution is 2.39. The summed E-state index contributed by atoms with van der Waals surface area (Å²) in [5.41, 5.74) is 1.27. The first kappa shape index (κ1) is 23.0. The second kappa shape index (κ2) is 9.95. The van der Waals surface area contributed by atoms with E-state index in [-0.39, 0.29) is 17.1 Å². The van der Waals surface area contributed by atoms with Gasteiger partial charge in [0.1, 0.15) is 11.9 Å². The minimum absolute atomic E-state index is 0.0232. The van der Waals surface area contributed by atoms with Crippen molar-refractivity contribution < 1.29 is 14.0 Å². The average molecular weight is 405 g/mol. The number of esters is 1. The predicted octanol–water partition coefficient (Wildman–Crippen LogP) is 7.22. The third-order valence-corrected chi connectivity index (χ3v) is 10.8. The van der Waals surface area contributed by atoms with E-state index in [2.05, 4.69) is 65.1 Å². The molecule has 3 nitrogen and oxygen atoms in total. The van der Waals surface area contributed by atoms with Gasteiger partial charge in [0, 0.05) is 12.3 Å². The Hall–Kier alpha value is -1.29. The number of benzene rings is 1. The van der Waals surface area contributed by atoms with Crippen LogP contribution in [0.5, 0.6) is 5.75 Å². The molecule has 2 rings (SSSR count). The summed E-state index contributed by atoms with van der Waals surface area (Å²) in [6.07, 6.45) is 8.16. The summed E-state index contributed by atoms with van der Waals surface area (Å²) in [5, 5.41) is 0.187. The molecular formula is C24H40O3Si. The van der Waals surface area contributed by atoms with Crippen LogP contribution in [0.1, 0.15) is 90.5 Å². The molecule has 0 N–H and O–H groups in total. The molecule has 1 saturated carbocycles. The van der Waals surface area contributed by atoms with Gasteiger partial charge in [-0.3, -0.25) is 4.79 Å². The molecule has 0 aromatic heterocycles. The van der Waals surface area contributed by atoms with Crippen LogP contribution in [-0.2, 0) is 9.53 Å². The molecule has 4 heteroatoms. The SMILES string of the molecule is CCCCCC(=O)O[C@H]1CCCC[C@@H]1c1ccc(O[Si](C)(C)C(C)(C)C)cc1. The van der Waals surface area contributed by atoms with Gasteiger partial charge in [0.05, 0.1) is 0 Å². The van der Waals surface area contributed by atoms with Crippen molar-refractivity contribution in [2.75, 3.05) is 0 Å². The molecule has 0 heterocycles. The first-order valence-electron chi connectivity index (χ1n) is 11.1. The average Bonchev–Trinajstić information content (AvgIpc) is 2.62. The first-order valence-corrected chi connectivity index (χ1v) is 14.0. The van der Waals surface area contributed by atoms with Crippen molar-refractivity contribution in [1.82, 2.24) is 0 Å². The topological polar surface area (TPSA) is 35.5 Å². The van der Waals surface area contributed by atoms with E-state index in [1.165, 1.54) is 12.0 Å². The Morgan fingerprint density at radius 3 is 2.32 bits per heavy atom. The number of carbonyl (C=O) groups excluding carboxylic acids is 1. The summed E-state index contributed by atoms with van der Waals surface area (Å²) >= 11 is 0. The molecule has 158 valence electrons. The molecule has 1 aromatic rings. The van der Waals surface area contributed by atoms with Crippen LogP contribution in [-0.4, -0.2) is 20.4 Å². The van der Waals surface area contributed by atoms with Crippen LogP contribution in [0.2, 0.25) is 18.1 Å². The van der Waals surface area contributed by atoms with E-state index in [4.69, 9.17) is 9.16 Å². The minimum Gasteiger partial charge on any atom is -0.544 e. The fourth-order valence-corrected chi connectivity index (χ4v) is 4.63. The zero-order chi connectivity index (χ0) is 20.8. The van der Waals surface area contributed by atoms with Gasteiger partial charge < -0.3 is 9.16 Å². The highest BCUT2D eigenvalue weighted by molar-refractivity contribution is 6.74. The van der Waals surface area contributed by atoms with Crippen LogP contribution in [0, 0.1) is 0 Å². The monoisotopic (exact) mass is 404 g/mol. The Labute approximate surface area is 173 Å². The number of hydrogen-bond donors (Lipinski definition) is 0. The molecule has 28 heavy (non-hydrogen) atoms. The molecule has 0 spiro atoms. The maximum Gasteiger partial charge on any atom is 0.306 e. The van der Waals surface area contributed by atoms with Crippen LogP contribution in [0.25, 0.3) is 0 Å². The minimum atomic E-state index is -1.82. The van der Waals surface area contributed by atoms with Crippen molar-refractivity contribution in [2.24, 2.45) is 0 Å². The summed E-state index contributed by atoms with van der Waals surface area (Å²) in [5.74, 6) is 1.24. The van der Waals surface area contributed by atoms with Crippen molar-refractivity contribution in [1.29, 1.82) is 0 Å². The Morgan fingerprint density at radius 1 is 1.07 bits per heavy atom. The molecule has 0 amide bonds. The van der Waals surface area contributed by atoms with Crippen molar-refractivity contribution in [3.05, 3.63) is 29.8 Å². The smallest absolute Gasteiger partial charge is 0.306 e. The van der Waals surface area contributed by atoms with Gasteiger partial charge in [-0.25, -0.2) is 0 Å². The lowest BCUT2D eigenvalue weighted by atomic mass is 9.81. The Morgan fingerprint density at radius 2 is 1.71 bits per heavy atom. The molecule has 0 aliphatic heterocycles. The van der Waals surface area contributed by atoms with E-state index < -0.39 is 8.32 Å². The summed E-state index contributed by atoms with van der Waals surface area (Å²) in [6.45, 7) is 13.5. The summed E-state index contributed by atoms with van der Waals surface area (Å²) in [6, 6.07) is 8.56. The van der Waals surface area contributed by atoms with Crippen LogP contribution in [0.4, 0.5) is 0 Å². The van der Waals surface area contributed by atoms with Crippen LogP contribution < -0.4 is 4.43 Å². The molecule has 1 fully saturated rings. The number of ether oxygens (including phenoxy) is 1. The van der Waals surface area contributed by atoms with E-state index in [1.54, 1.807) is 0 Å². The zero-order valence-corrected chi connectivity index (χ0v) is 19.8. The molecule has 1 aliphatic rings. The fourth-order valence-electron chi connectivity index (χ4n) is 3.60. The largest absolute Gasteiger partial charge is 0.544 e. The fraction of sp³-hybridized carbons (Fsp3) is 0.708. The van der Waals surface area contributed by atoms with Crippen LogP contribution >= 0.6 is 0 Å². The van der Waals surface area contributed by atoms with Gasteiger partial charge in [-0.15, -0.1) is 0 Å². The Bertz CT molecular complexity index is 616. The Kier molecular flexibility index (Phi) is 8.17. The third-order valence-electron chi connectivity index (χ3n) is 6.46. The standard InChI is InChI=1S/C24H40O3Si/c1-7-8-9-14-23(25)26-22-13-11-10-12-21(22)19-15-17-20(18-16-19)27-28(5,6)24(2,3)4/h15-18,21-22H,7-14H2,1-6H3/t21-,22+/m1/s1. The molecule has 2 atom stereocenters. The van der Waals surface area contributed by atoms with Gasteiger partial charge in [0.25, 0.3) is 0 Å². The van der Waals surface area contributed by atoms with Crippen LogP contribution in [0.15, 0.2) is 24.3 Å². The van der Waals surface area contributed by atoms with Crippen molar-refractivity contribution in [3.63, 3.8) is 0 Å². The molecule has 0 saturated heterocycles. The van der Waals surface area contributed by atoms with Gasteiger partial charge in [0.2, 0.25) is 8.32 Å². The number of rotatable bonds is 8. The number of unbranched alkanes of at least 4 members (excludes halogenated alkanes) is 2. The van der Waals surface area contributed by atoms with E-state index in [0.717, 1.165) is 44.3 Å². The third kappa shape index (κ3) is 6.37. The maximum atomic E-state index is 12.2. The molecule has 1 aromatic carbocycles. The van der Waals surface area contributed by atoms with Gasteiger partial charge in [0.15, 0.2) is 0 Å². The normalized spacial score (nSPS) is 20.6. The second-order valence-electron chi connectivity index (χ2n) is 9.81. The van der Waals surface area contributed by atoms with Gasteiger partial charge in [-0.05, 0) is 61.5 Å². The van der Waals surface area contributed by atoms with Crippen LogP contribution in [0.3, 0.4) is 0 Å². The van der Waals surface area contributed by atoms with E-state index >= 15 is 0 Å². The maximum absolute atomic E-state index is 12.2. The molecule has 1 aliphatic carbocycles. The number of carbonyl (C=O) groups is 1. The Balaban J connectivity index is 2.02. The summed E-state index contributed by atoms with van der Waals surface area (Å²) < 4.78 is 12.3. The van der Waals surface area contributed by atoms with Gasteiger partial charge in [-0.2, -0.15) is 0 Å². The lowest BCUT2D eigenvalue weighted by molar-refractivity contribution is -0.151. The second-order valence-corrected chi connectivity index (χ2v) is 14.5. The van der Waals surface area contributed by atoms with E-state index in [1.807, 2.05) is 0 Å². The summed E-state index contributed by atoms with van der Waals surface area (Å²) in [4.78, 5) is 12.2. The highest BCUT2D eigenvalue weighted by atomic mass is 28.4. The van der Waals surface area contributed by atoms with Crippen molar-refractivity contribution in [2.45, 2.75) is 109 Å².